The maximum atomic E-state index is 13.7. The molecular formula is C17H18Br2Cl2N8O2. The number of halogens is 4. The quantitative estimate of drug-likeness (QED) is 0.294. The van der Waals surface area contributed by atoms with Crippen molar-refractivity contribution in [3.63, 3.8) is 0 Å². The van der Waals surface area contributed by atoms with Gasteiger partial charge in [0.25, 0.3) is 5.91 Å². The van der Waals surface area contributed by atoms with Gasteiger partial charge in [-0.1, -0.05) is 0 Å². The third-order valence-electron chi connectivity index (χ3n) is 7.47. The summed E-state index contributed by atoms with van der Waals surface area (Å²) in [4.78, 5) is 24.3. The molecule has 14 heteroatoms. The van der Waals surface area contributed by atoms with E-state index in [4.69, 9.17) is 34.7 Å². The van der Waals surface area contributed by atoms with Crippen molar-refractivity contribution in [3.05, 3.63) is 20.8 Å². The number of carbonyl (C=O) groups excluding carboxylic acids is 1. The molecule has 166 valence electrons. The van der Waals surface area contributed by atoms with E-state index in [0.29, 0.717) is 16.8 Å². The van der Waals surface area contributed by atoms with E-state index in [-0.39, 0.29) is 35.5 Å². The van der Waals surface area contributed by atoms with E-state index < -0.39 is 34.9 Å². The van der Waals surface area contributed by atoms with Gasteiger partial charge in [-0.2, -0.15) is 0 Å². The van der Waals surface area contributed by atoms with Crippen LogP contribution in [0.2, 0.25) is 0 Å². The molecule has 7 N–H and O–H groups in total. The fourth-order valence-corrected chi connectivity index (χ4v) is 8.48. The van der Waals surface area contributed by atoms with Gasteiger partial charge in [0.05, 0.1) is 9.85 Å². The molecule has 2 fully saturated rings. The molecule has 0 aromatic carbocycles. The van der Waals surface area contributed by atoms with E-state index in [9.17, 15) is 9.90 Å². The lowest BCUT2D eigenvalue weighted by atomic mass is 9.73. The van der Waals surface area contributed by atoms with Crippen LogP contribution in [0.3, 0.4) is 0 Å². The van der Waals surface area contributed by atoms with Gasteiger partial charge in [0.15, 0.2) is 30.0 Å². The highest BCUT2D eigenvalue weighted by Gasteiger charge is 2.79. The highest BCUT2D eigenvalue weighted by Crippen LogP contribution is 2.64. The molecule has 1 saturated heterocycles. The number of nitrogens with two attached hydrogens (primary N) is 2. The number of carbonyl (C=O) groups is 1. The van der Waals surface area contributed by atoms with E-state index in [2.05, 4.69) is 52.5 Å². The zero-order chi connectivity index (χ0) is 22.0. The van der Waals surface area contributed by atoms with Crippen molar-refractivity contribution in [3.8, 4) is 0 Å². The first-order chi connectivity index (χ1) is 14.7. The first-order valence-electron chi connectivity index (χ1n) is 9.67. The molecule has 10 nitrogen and oxygen atoms in total. The number of aliphatic hydroxyl groups is 1. The molecule has 0 radical (unpaired) electrons. The maximum absolute atomic E-state index is 13.7. The SMILES string of the molecule is NC1=N[C@@H](O)[C@@]2(N1)[C@@H](Cl)[C@H](CCl)[C@H]1CN3C(=O)c4cc(Br)c(Br)n4[C@@H]4N=C(N)N[C@@]43[C@@H]12. The molecule has 8 atom stereocenters. The molecule has 1 aromatic rings. The number of rotatable bonds is 1. The van der Waals surface area contributed by atoms with Gasteiger partial charge in [0, 0.05) is 18.3 Å². The third kappa shape index (κ3) is 2.12. The molecule has 31 heavy (non-hydrogen) atoms. The van der Waals surface area contributed by atoms with Gasteiger partial charge >= 0.3 is 0 Å². The number of aliphatic hydroxyl groups excluding tert-OH is 1. The summed E-state index contributed by atoms with van der Waals surface area (Å²) in [5.74, 6) is -0.413. The fraction of sp³-hybridized carbons (Fsp3) is 0.588. The second-order valence-electron chi connectivity index (χ2n) is 8.60. The van der Waals surface area contributed by atoms with Crippen LogP contribution in [0.1, 0.15) is 16.7 Å². The van der Waals surface area contributed by atoms with Gasteiger partial charge in [0.2, 0.25) is 0 Å². The minimum atomic E-state index is -1.22. The van der Waals surface area contributed by atoms with Crippen LogP contribution >= 0.6 is 55.1 Å². The topological polar surface area (TPSA) is 146 Å². The average Bonchev–Trinajstić information content (AvgIpc) is 3.43. The smallest absolute Gasteiger partial charge is 0.272 e. The standard InChI is InChI=1S/C17H18Br2Cl2N8O2/c18-6-1-7-11(30)28-3-5-4(2-20)9(21)16(13(31)25-15(23)26-16)8(5)17(28)12(24-14(22)27-17)29(7)10(6)19/h1,4-5,8-9,12-13,31H,2-3H2,(H3,22,24,27)(H3,23,25,26)/t4-,5-,8+,9+,12+,13+,16+,17-/m1/s1. The Hall–Kier alpha value is -1.21. The van der Waals surface area contributed by atoms with Crippen LogP contribution < -0.4 is 22.1 Å². The number of aromatic nitrogens is 1. The molecule has 0 bridgehead atoms. The highest BCUT2D eigenvalue weighted by molar-refractivity contribution is 9.13. The van der Waals surface area contributed by atoms with Gasteiger partial charge in [-0.05, 0) is 49.8 Å². The number of amides is 1. The summed E-state index contributed by atoms with van der Waals surface area (Å²) in [6.07, 6.45) is -1.81. The van der Waals surface area contributed by atoms with Crippen LogP contribution in [0.5, 0.6) is 0 Å². The summed E-state index contributed by atoms with van der Waals surface area (Å²) in [6, 6.07) is 1.76. The number of guanidine groups is 2. The molecular weight excluding hydrogens is 579 g/mol. The average molecular weight is 597 g/mol. The van der Waals surface area contributed by atoms with E-state index in [1.807, 2.05) is 4.57 Å². The van der Waals surface area contributed by atoms with Gasteiger partial charge in [-0.15, -0.1) is 23.2 Å². The summed E-state index contributed by atoms with van der Waals surface area (Å²) in [6.45, 7) is 0.382. The number of aliphatic imine (C=N–C) groups is 2. The van der Waals surface area contributed by atoms with Crippen LogP contribution in [0.4, 0.5) is 0 Å². The molecule has 0 unspecified atom stereocenters. The summed E-state index contributed by atoms with van der Waals surface area (Å²) < 4.78 is 3.21. The number of hydrogen-bond acceptors (Lipinski definition) is 8. The third-order valence-corrected chi connectivity index (χ3v) is 10.5. The molecule has 1 aromatic heterocycles. The molecule has 5 aliphatic rings. The van der Waals surface area contributed by atoms with Gasteiger partial charge < -0.3 is 36.7 Å². The van der Waals surface area contributed by atoms with Crippen LogP contribution in [0, 0.1) is 17.8 Å². The largest absolute Gasteiger partial charge is 0.370 e. The highest BCUT2D eigenvalue weighted by atomic mass is 79.9. The Balaban J connectivity index is 1.62. The molecule has 5 heterocycles. The van der Waals surface area contributed by atoms with Crippen LogP contribution in [0.25, 0.3) is 0 Å². The Bertz CT molecular complexity index is 1100. The number of nitrogens with zero attached hydrogens (tertiary/aromatic N) is 4. The number of alkyl halides is 2. The van der Waals surface area contributed by atoms with Crippen molar-refractivity contribution in [1.82, 2.24) is 20.1 Å². The predicted octanol–water partition coefficient (Wildman–Crippen LogP) is 0.279. The lowest BCUT2D eigenvalue weighted by Crippen LogP contribution is -2.74. The van der Waals surface area contributed by atoms with E-state index in [0.717, 1.165) is 4.47 Å². The molecule has 1 amide bonds. The summed E-state index contributed by atoms with van der Waals surface area (Å²) >= 11 is 20.4. The lowest BCUT2D eigenvalue weighted by molar-refractivity contribution is -0.0274. The lowest BCUT2D eigenvalue weighted by Gasteiger charge is -2.51. The van der Waals surface area contributed by atoms with Crippen LogP contribution in [0.15, 0.2) is 25.1 Å². The van der Waals surface area contributed by atoms with Crippen LogP contribution in [-0.4, -0.2) is 67.6 Å². The van der Waals surface area contributed by atoms with E-state index in [1.54, 1.807) is 11.0 Å². The Morgan fingerprint density at radius 2 is 2.00 bits per heavy atom. The fourth-order valence-electron chi connectivity index (χ4n) is 6.50. The van der Waals surface area contributed by atoms with Crippen molar-refractivity contribution in [1.29, 1.82) is 0 Å². The Morgan fingerprint density at radius 3 is 2.65 bits per heavy atom. The van der Waals surface area contributed by atoms with E-state index in [1.165, 1.54) is 0 Å². The molecule has 1 saturated carbocycles. The first-order valence-corrected chi connectivity index (χ1v) is 12.2. The van der Waals surface area contributed by atoms with Crippen molar-refractivity contribution in [2.45, 2.75) is 29.0 Å². The normalized spacial score (nSPS) is 44.4. The number of hydrogen-bond donors (Lipinski definition) is 5. The van der Waals surface area contributed by atoms with E-state index >= 15 is 0 Å². The van der Waals surface area contributed by atoms with Gasteiger partial charge in [-0.3, -0.25) is 4.79 Å². The second kappa shape index (κ2) is 6.22. The maximum Gasteiger partial charge on any atom is 0.272 e. The second-order valence-corrected chi connectivity index (χ2v) is 11.0. The summed E-state index contributed by atoms with van der Waals surface area (Å²) in [7, 11) is 0. The van der Waals surface area contributed by atoms with Crippen molar-refractivity contribution >= 4 is 72.9 Å². The number of fused-ring (bicyclic) bond motifs is 4. The molecule has 4 aliphatic heterocycles. The predicted molar refractivity (Wildman–Crippen MR) is 122 cm³/mol. The van der Waals surface area contributed by atoms with Crippen molar-refractivity contribution in [2.24, 2.45) is 39.2 Å². The van der Waals surface area contributed by atoms with Crippen LogP contribution in [-0.2, 0) is 0 Å². The molecule has 1 aliphatic carbocycles. The Morgan fingerprint density at radius 1 is 1.29 bits per heavy atom. The monoisotopic (exact) mass is 594 g/mol. The van der Waals surface area contributed by atoms with Crippen molar-refractivity contribution < 1.29 is 9.90 Å². The van der Waals surface area contributed by atoms with Crippen molar-refractivity contribution in [2.75, 3.05) is 12.4 Å². The minimum absolute atomic E-state index is 0.0955. The number of nitrogens with one attached hydrogen (secondary N) is 2. The zero-order valence-electron chi connectivity index (χ0n) is 15.8. The first kappa shape index (κ1) is 20.4. The minimum Gasteiger partial charge on any atom is -0.370 e. The molecule has 2 spiro atoms. The zero-order valence-corrected chi connectivity index (χ0v) is 20.5. The Kier molecular flexibility index (Phi) is 4.09. The van der Waals surface area contributed by atoms with Gasteiger partial charge in [0.1, 0.15) is 15.8 Å². The summed E-state index contributed by atoms with van der Waals surface area (Å²) in [5.41, 5.74) is 10.4. The molecule has 6 rings (SSSR count). The Labute approximate surface area is 203 Å². The van der Waals surface area contributed by atoms with Gasteiger partial charge in [-0.25, -0.2) is 9.98 Å². The summed E-state index contributed by atoms with van der Waals surface area (Å²) in [5, 5.41) is 17.0.